The highest BCUT2D eigenvalue weighted by atomic mass is 19.1. The average molecular weight is 394 g/mol. The van der Waals surface area contributed by atoms with Gasteiger partial charge in [0.1, 0.15) is 11.5 Å². The fourth-order valence-corrected chi connectivity index (χ4v) is 3.31. The number of carbonyl (C=O) groups is 1. The van der Waals surface area contributed by atoms with Crippen LogP contribution in [-0.2, 0) is 4.74 Å². The van der Waals surface area contributed by atoms with E-state index >= 15 is 0 Å². The van der Waals surface area contributed by atoms with Gasteiger partial charge in [-0.1, -0.05) is 18.2 Å². The number of aromatic nitrogens is 2. The van der Waals surface area contributed by atoms with Crippen LogP contribution in [0.4, 0.5) is 4.39 Å². The number of benzene rings is 2. The van der Waals surface area contributed by atoms with Crippen molar-refractivity contribution < 1.29 is 13.9 Å². The van der Waals surface area contributed by atoms with Crippen molar-refractivity contribution in [1.29, 1.82) is 0 Å². The van der Waals surface area contributed by atoms with Gasteiger partial charge >= 0.3 is 0 Å². The molecule has 0 aliphatic carbocycles. The Labute approximate surface area is 168 Å². The Bertz CT molecular complexity index is 951. The number of hydrogen-bond acceptors (Lipinski definition) is 4. The van der Waals surface area contributed by atoms with Crippen molar-refractivity contribution in [3.8, 4) is 16.9 Å². The summed E-state index contributed by atoms with van der Waals surface area (Å²) in [4.78, 5) is 15.2. The Morgan fingerprint density at radius 1 is 1.07 bits per heavy atom. The zero-order valence-corrected chi connectivity index (χ0v) is 16.1. The fraction of sp³-hybridized carbons (Fsp3) is 0.273. The van der Waals surface area contributed by atoms with Crippen molar-refractivity contribution in [3.05, 3.63) is 72.2 Å². The number of morpholine rings is 1. The molecule has 6 nitrogen and oxygen atoms in total. The van der Waals surface area contributed by atoms with E-state index in [1.807, 2.05) is 30.3 Å². The molecular weight excluding hydrogens is 371 g/mol. The number of carbonyl (C=O) groups excluding carboxylic acids is 1. The summed E-state index contributed by atoms with van der Waals surface area (Å²) in [5.41, 5.74) is 2.60. The van der Waals surface area contributed by atoms with Crippen LogP contribution in [0.3, 0.4) is 0 Å². The van der Waals surface area contributed by atoms with E-state index in [2.05, 4.69) is 15.3 Å². The molecule has 1 aliphatic rings. The zero-order valence-electron chi connectivity index (χ0n) is 16.1. The topological polar surface area (TPSA) is 59.4 Å². The molecule has 0 bridgehead atoms. The van der Waals surface area contributed by atoms with Gasteiger partial charge in [0.25, 0.3) is 5.91 Å². The summed E-state index contributed by atoms with van der Waals surface area (Å²) in [6.45, 7) is 4.55. The molecular formula is C22H23FN4O2. The third-order valence-corrected chi connectivity index (χ3v) is 4.90. The molecule has 29 heavy (non-hydrogen) atoms. The maximum atomic E-state index is 13.3. The third kappa shape index (κ3) is 4.70. The summed E-state index contributed by atoms with van der Waals surface area (Å²) in [6, 6.07) is 17.3. The molecule has 1 fully saturated rings. The van der Waals surface area contributed by atoms with Crippen LogP contribution in [0.1, 0.15) is 10.5 Å². The first kappa shape index (κ1) is 19.3. The number of nitrogens with zero attached hydrogens (tertiary/aromatic N) is 3. The normalized spacial score (nSPS) is 14.7. The van der Waals surface area contributed by atoms with Gasteiger partial charge in [-0.3, -0.25) is 9.69 Å². The minimum absolute atomic E-state index is 0.192. The van der Waals surface area contributed by atoms with Crippen molar-refractivity contribution in [2.45, 2.75) is 0 Å². The maximum absolute atomic E-state index is 13.3. The van der Waals surface area contributed by atoms with Gasteiger partial charge in [0, 0.05) is 31.7 Å². The second-order valence-corrected chi connectivity index (χ2v) is 6.88. The monoisotopic (exact) mass is 394 g/mol. The van der Waals surface area contributed by atoms with Crippen LogP contribution in [0, 0.1) is 5.82 Å². The van der Waals surface area contributed by atoms with Crippen LogP contribution in [0.2, 0.25) is 0 Å². The zero-order chi connectivity index (χ0) is 20.1. The van der Waals surface area contributed by atoms with E-state index in [0.717, 1.165) is 44.1 Å². The molecule has 0 saturated carbocycles. The van der Waals surface area contributed by atoms with Gasteiger partial charge in [0.15, 0.2) is 0 Å². The van der Waals surface area contributed by atoms with E-state index in [4.69, 9.17) is 4.74 Å². The SMILES string of the molecule is O=C(NCCN1CCOCC1)c1cc(-c2ccc(F)cc2)nn1-c1ccccc1. The van der Waals surface area contributed by atoms with Crippen LogP contribution in [0.5, 0.6) is 0 Å². The molecule has 2 heterocycles. The van der Waals surface area contributed by atoms with E-state index < -0.39 is 0 Å². The van der Waals surface area contributed by atoms with Gasteiger partial charge < -0.3 is 10.1 Å². The van der Waals surface area contributed by atoms with E-state index in [1.165, 1.54) is 12.1 Å². The molecule has 3 aromatic rings. The van der Waals surface area contributed by atoms with Gasteiger partial charge in [-0.05, 0) is 42.5 Å². The summed E-state index contributed by atoms with van der Waals surface area (Å²) >= 11 is 0. The standard InChI is InChI=1S/C22H23FN4O2/c23-18-8-6-17(7-9-18)20-16-21(27(25-20)19-4-2-1-3-5-19)22(28)24-10-11-26-12-14-29-15-13-26/h1-9,16H,10-15H2,(H,24,28). The van der Waals surface area contributed by atoms with Crippen LogP contribution >= 0.6 is 0 Å². The Balaban J connectivity index is 1.55. The molecule has 7 heteroatoms. The van der Waals surface area contributed by atoms with E-state index in [0.29, 0.717) is 17.9 Å². The Morgan fingerprint density at radius 3 is 2.52 bits per heavy atom. The number of rotatable bonds is 6. The lowest BCUT2D eigenvalue weighted by Gasteiger charge is -2.26. The molecule has 4 rings (SSSR count). The molecule has 0 spiro atoms. The first-order valence-corrected chi connectivity index (χ1v) is 9.70. The number of halogens is 1. The smallest absolute Gasteiger partial charge is 0.270 e. The number of amides is 1. The molecule has 0 unspecified atom stereocenters. The van der Waals surface area contributed by atoms with Crippen molar-refractivity contribution in [1.82, 2.24) is 20.0 Å². The van der Waals surface area contributed by atoms with Gasteiger partial charge in [0.2, 0.25) is 0 Å². The summed E-state index contributed by atoms with van der Waals surface area (Å²) in [5.74, 6) is -0.500. The number of hydrogen-bond donors (Lipinski definition) is 1. The summed E-state index contributed by atoms with van der Waals surface area (Å²) in [7, 11) is 0. The Kier molecular flexibility index (Phi) is 5.97. The van der Waals surface area contributed by atoms with Gasteiger partial charge in [-0.25, -0.2) is 9.07 Å². The van der Waals surface area contributed by atoms with E-state index in [1.54, 1.807) is 22.9 Å². The lowest BCUT2D eigenvalue weighted by Crippen LogP contribution is -2.41. The van der Waals surface area contributed by atoms with Crippen LogP contribution in [-0.4, -0.2) is 60.0 Å². The molecule has 1 aliphatic heterocycles. The summed E-state index contributed by atoms with van der Waals surface area (Å²) < 4.78 is 20.2. The van der Waals surface area contributed by atoms with Gasteiger partial charge in [-0.2, -0.15) is 5.10 Å². The molecule has 1 aromatic heterocycles. The minimum atomic E-state index is -0.308. The third-order valence-electron chi connectivity index (χ3n) is 4.90. The predicted molar refractivity (Wildman–Crippen MR) is 109 cm³/mol. The largest absolute Gasteiger partial charge is 0.379 e. The highest BCUT2D eigenvalue weighted by Gasteiger charge is 2.18. The highest BCUT2D eigenvalue weighted by Crippen LogP contribution is 2.22. The quantitative estimate of drug-likeness (QED) is 0.699. The maximum Gasteiger partial charge on any atom is 0.270 e. The highest BCUT2D eigenvalue weighted by molar-refractivity contribution is 5.94. The second kappa shape index (κ2) is 8.98. The van der Waals surface area contributed by atoms with Crippen molar-refractivity contribution in [2.75, 3.05) is 39.4 Å². The molecule has 2 aromatic carbocycles. The van der Waals surface area contributed by atoms with E-state index in [-0.39, 0.29) is 11.7 Å². The number of para-hydroxylation sites is 1. The lowest BCUT2D eigenvalue weighted by molar-refractivity contribution is 0.0383. The second-order valence-electron chi connectivity index (χ2n) is 6.88. The van der Waals surface area contributed by atoms with E-state index in [9.17, 15) is 9.18 Å². The van der Waals surface area contributed by atoms with Crippen LogP contribution in [0.25, 0.3) is 16.9 Å². The Hall–Kier alpha value is -3.03. The minimum Gasteiger partial charge on any atom is -0.379 e. The molecule has 1 N–H and O–H groups in total. The molecule has 0 radical (unpaired) electrons. The van der Waals surface area contributed by atoms with Gasteiger partial charge in [-0.15, -0.1) is 0 Å². The van der Waals surface area contributed by atoms with Crippen molar-refractivity contribution in [2.24, 2.45) is 0 Å². The van der Waals surface area contributed by atoms with Crippen LogP contribution < -0.4 is 5.32 Å². The number of nitrogens with one attached hydrogen (secondary N) is 1. The summed E-state index contributed by atoms with van der Waals surface area (Å²) in [6.07, 6.45) is 0. The fourth-order valence-electron chi connectivity index (χ4n) is 3.31. The van der Waals surface area contributed by atoms with Crippen molar-refractivity contribution >= 4 is 5.91 Å². The Morgan fingerprint density at radius 2 is 1.79 bits per heavy atom. The molecule has 1 saturated heterocycles. The van der Waals surface area contributed by atoms with Crippen molar-refractivity contribution in [3.63, 3.8) is 0 Å². The summed E-state index contributed by atoms with van der Waals surface area (Å²) in [5, 5.41) is 7.59. The molecule has 150 valence electrons. The lowest BCUT2D eigenvalue weighted by atomic mass is 10.1. The first-order valence-electron chi connectivity index (χ1n) is 9.70. The van der Waals surface area contributed by atoms with Crippen LogP contribution in [0.15, 0.2) is 60.7 Å². The molecule has 0 atom stereocenters. The first-order chi connectivity index (χ1) is 14.2. The van der Waals surface area contributed by atoms with Gasteiger partial charge in [0.05, 0.1) is 24.6 Å². The predicted octanol–water partition coefficient (Wildman–Crippen LogP) is 2.74. The molecule has 1 amide bonds. The number of ether oxygens (including phenoxy) is 1. The average Bonchev–Trinajstić information content (AvgIpc) is 3.21.